The van der Waals surface area contributed by atoms with Crippen LogP contribution in [0, 0.1) is 6.92 Å². The molecule has 0 radical (unpaired) electrons. The lowest BCUT2D eigenvalue weighted by Gasteiger charge is -2.45. The zero-order valence-electron chi connectivity index (χ0n) is 40.2. The third kappa shape index (κ3) is 7.31. The van der Waals surface area contributed by atoms with Gasteiger partial charge in [0.25, 0.3) is 6.71 Å². The minimum absolute atomic E-state index is 0.00845. The Morgan fingerprint density at radius 3 is 1.17 bits per heavy atom. The van der Waals surface area contributed by atoms with Crippen LogP contribution in [0.15, 0.2) is 176 Å². The first kappa shape index (κ1) is 42.5. The van der Waals surface area contributed by atoms with Crippen molar-refractivity contribution in [2.75, 3.05) is 9.80 Å². The van der Waals surface area contributed by atoms with E-state index in [1.807, 2.05) is 0 Å². The SMILES string of the molecule is Cc1cc(N2c3cc4ccccc4cc3B3c4cc5ccccc5cc4N(c4cc([Si](C)(C)C)cc([Si](C)(C)C)c4)c4cc(-c5ccc(-c6ccccc6)cc5)cc2c43)cc([Si](C)(C)C)c1. The Morgan fingerprint density at radius 1 is 0.333 bits per heavy atom. The lowest BCUT2D eigenvalue weighted by Crippen LogP contribution is -2.61. The number of rotatable bonds is 7. The van der Waals surface area contributed by atoms with Gasteiger partial charge < -0.3 is 9.80 Å². The van der Waals surface area contributed by atoms with Crippen molar-refractivity contribution >= 4 is 119 Å². The van der Waals surface area contributed by atoms with Crippen molar-refractivity contribution in [3.05, 3.63) is 181 Å². The van der Waals surface area contributed by atoms with Crippen LogP contribution in [0.1, 0.15) is 5.56 Å². The lowest BCUT2D eigenvalue weighted by molar-refractivity contribution is 1.26. The van der Waals surface area contributed by atoms with Crippen molar-refractivity contribution in [3.8, 4) is 22.3 Å². The summed E-state index contributed by atoms with van der Waals surface area (Å²) in [5.74, 6) is 0. The van der Waals surface area contributed by atoms with Crippen molar-refractivity contribution in [3.63, 3.8) is 0 Å². The minimum Gasteiger partial charge on any atom is -0.311 e. The van der Waals surface area contributed by atoms with E-state index in [1.54, 1.807) is 0 Å². The van der Waals surface area contributed by atoms with Gasteiger partial charge in [-0.15, -0.1) is 0 Å². The van der Waals surface area contributed by atoms with E-state index in [4.69, 9.17) is 0 Å². The molecule has 11 rings (SSSR count). The fourth-order valence-electron chi connectivity index (χ4n) is 10.5. The van der Waals surface area contributed by atoms with Crippen LogP contribution in [0.3, 0.4) is 0 Å². The molecule has 0 saturated heterocycles. The highest BCUT2D eigenvalue weighted by Crippen LogP contribution is 2.47. The topological polar surface area (TPSA) is 6.48 Å². The molecule has 0 fully saturated rings. The van der Waals surface area contributed by atoms with E-state index in [0.29, 0.717) is 0 Å². The second-order valence-corrected chi connectivity index (χ2v) is 37.3. The Hall–Kier alpha value is -6.18. The van der Waals surface area contributed by atoms with Crippen molar-refractivity contribution < 1.29 is 0 Å². The normalized spacial score (nSPS) is 13.5. The molecule has 0 N–H and O–H groups in total. The van der Waals surface area contributed by atoms with E-state index in [0.717, 1.165) is 0 Å². The first-order valence-corrected chi connectivity index (χ1v) is 34.3. The molecule has 0 unspecified atom stereocenters. The number of benzene rings is 9. The van der Waals surface area contributed by atoms with E-state index in [1.165, 1.54) is 115 Å². The number of hydrogen-bond donors (Lipinski definition) is 0. The van der Waals surface area contributed by atoms with Gasteiger partial charge in [0.2, 0.25) is 0 Å². The Balaban J connectivity index is 1.29. The minimum atomic E-state index is -1.75. The van der Waals surface area contributed by atoms with Crippen LogP contribution in [0.4, 0.5) is 34.1 Å². The zero-order valence-corrected chi connectivity index (χ0v) is 43.2. The average Bonchev–Trinajstić information content (AvgIpc) is 3.29. The molecule has 0 spiro atoms. The average molecular weight is 903 g/mol. The van der Waals surface area contributed by atoms with Crippen molar-refractivity contribution in [2.24, 2.45) is 0 Å². The molecule has 66 heavy (non-hydrogen) atoms. The molecule has 2 nitrogen and oxygen atoms in total. The summed E-state index contributed by atoms with van der Waals surface area (Å²) in [5.41, 5.74) is 17.8. The third-order valence-corrected chi connectivity index (χ3v) is 20.3. The molecule has 2 heterocycles. The molecule has 6 heteroatoms. The maximum absolute atomic E-state index is 2.68. The summed E-state index contributed by atoms with van der Waals surface area (Å²) >= 11 is 0. The predicted molar refractivity (Wildman–Crippen MR) is 300 cm³/mol. The number of nitrogens with zero attached hydrogens (tertiary/aromatic N) is 2. The van der Waals surface area contributed by atoms with Crippen molar-refractivity contribution in [1.82, 2.24) is 0 Å². The van der Waals surface area contributed by atoms with Gasteiger partial charge in [-0.2, -0.15) is 0 Å². The molecule has 2 aliphatic rings. The summed E-state index contributed by atoms with van der Waals surface area (Å²) in [6, 6.07) is 68.1. The highest BCUT2D eigenvalue weighted by atomic mass is 28.3. The summed E-state index contributed by atoms with van der Waals surface area (Å²) in [6.45, 7) is 24.7. The monoisotopic (exact) mass is 902 g/mol. The largest absolute Gasteiger partial charge is 0.311 e. The van der Waals surface area contributed by atoms with Gasteiger partial charge in [-0.05, 0) is 121 Å². The van der Waals surface area contributed by atoms with Crippen LogP contribution in [0.2, 0.25) is 58.9 Å². The lowest BCUT2D eigenvalue weighted by atomic mass is 9.33. The summed E-state index contributed by atoms with van der Waals surface area (Å²) < 4.78 is 0. The maximum Gasteiger partial charge on any atom is 0.252 e. The van der Waals surface area contributed by atoms with Crippen LogP contribution in [0.25, 0.3) is 43.8 Å². The first-order valence-electron chi connectivity index (χ1n) is 23.8. The highest BCUT2D eigenvalue weighted by Gasteiger charge is 2.44. The fourth-order valence-corrected chi connectivity index (χ4v) is 14.2. The Labute approximate surface area is 395 Å². The first-order chi connectivity index (χ1) is 31.5. The number of aryl methyl sites for hydroxylation is 1. The Morgan fingerprint density at radius 2 is 0.712 bits per heavy atom. The fraction of sp³-hybridized carbons (Fsp3) is 0.167. The quantitative estimate of drug-likeness (QED) is 0.147. The Kier molecular flexibility index (Phi) is 9.94. The van der Waals surface area contributed by atoms with Gasteiger partial charge in [-0.1, -0.05) is 202 Å². The molecule has 324 valence electrons. The van der Waals surface area contributed by atoms with Gasteiger partial charge in [0.1, 0.15) is 0 Å². The summed E-state index contributed by atoms with van der Waals surface area (Å²) in [7, 11) is -5.20. The number of anilines is 6. The highest BCUT2D eigenvalue weighted by molar-refractivity contribution is 7.00. The maximum atomic E-state index is 2.68. The standard InChI is InChI=1S/C60H59BN2Si3/c1-40-28-49(36-51(29-40)64(2,3)4)62-56-32-46-22-16-14-20-44(46)30-54(56)61-55-31-45-21-15-17-23-47(45)33-57(55)63(50-37-52(65(5,6)7)39-53(38-50)66(8,9)10)59-35-48(34-58(62)60(59)61)43-26-24-42(25-27-43)41-18-12-11-13-19-41/h11-39H,1-10H3. The molecule has 0 saturated carbocycles. The summed E-state index contributed by atoms with van der Waals surface area (Å²) in [6.07, 6.45) is 0. The van der Waals surface area contributed by atoms with Crippen molar-refractivity contribution in [1.29, 1.82) is 0 Å². The molecule has 2 aliphatic heterocycles. The molecule has 0 bridgehead atoms. The third-order valence-electron chi connectivity index (χ3n) is 14.2. The second-order valence-electron chi connectivity index (χ2n) is 22.1. The molecule has 9 aromatic rings. The van der Waals surface area contributed by atoms with Gasteiger partial charge in [-0.25, -0.2) is 0 Å². The van der Waals surface area contributed by atoms with E-state index in [2.05, 4.69) is 252 Å². The second kappa shape index (κ2) is 15.4. The summed E-state index contributed by atoms with van der Waals surface area (Å²) in [5, 5.41) is 9.58. The predicted octanol–water partition coefficient (Wildman–Crippen LogP) is 13.4. The van der Waals surface area contributed by atoms with Gasteiger partial charge in [0, 0.05) is 34.1 Å². The van der Waals surface area contributed by atoms with Gasteiger partial charge in [0.05, 0.1) is 24.2 Å². The van der Waals surface area contributed by atoms with Crippen LogP contribution in [-0.4, -0.2) is 30.9 Å². The molecular formula is C60H59BN2Si3. The number of hydrogen-bond acceptors (Lipinski definition) is 2. The molecule has 0 aliphatic carbocycles. The summed E-state index contributed by atoms with van der Waals surface area (Å²) in [4.78, 5) is 5.33. The van der Waals surface area contributed by atoms with Gasteiger partial charge in [-0.3, -0.25) is 0 Å². The molecule has 0 aromatic heterocycles. The van der Waals surface area contributed by atoms with Crippen LogP contribution in [0.5, 0.6) is 0 Å². The van der Waals surface area contributed by atoms with E-state index in [9.17, 15) is 0 Å². The number of fused-ring (bicyclic) bond motifs is 6. The van der Waals surface area contributed by atoms with Gasteiger partial charge in [0.15, 0.2) is 0 Å². The van der Waals surface area contributed by atoms with Gasteiger partial charge >= 0.3 is 0 Å². The van der Waals surface area contributed by atoms with E-state index < -0.39 is 24.2 Å². The molecule has 0 amide bonds. The smallest absolute Gasteiger partial charge is 0.252 e. The van der Waals surface area contributed by atoms with Crippen molar-refractivity contribution in [2.45, 2.75) is 65.8 Å². The molecular weight excluding hydrogens is 844 g/mol. The van der Waals surface area contributed by atoms with E-state index in [-0.39, 0.29) is 6.71 Å². The Bertz CT molecular complexity index is 3360. The zero-order chi connectivity index (χ0) is 45.9. The van der Waals surface area contributed by atoms with E-state index >= 15 is 0 Å². The van der Waals surface area contributed by atoms with Crippen LogP contribution >= 0.6 is 0 Å². The van der Waals surface area contributed by atoms with Crippen LogP contribution < -0.4 is 41.7 Å². The molecule has 0 atom stereocenters. The molecule has 9 aromatic carbocycles. The van der Waals surface area contributed by atoms with Crippen LogP contribution in [-0.2, 0) is 0 Å².